The van der Waals surface area contributed by atoms with Crippen molar-refractivity contribution < 1.29 is 4.42 Å². The maximum atomic E-state index is 6.76. The molecule has 0 atom stereocenters. The van der Waals surface area contributed by atoms with Gasteiger partial charge in [-0.25, -0.2) is 0 Å². The van der Waals surface area contributed by atoms with E-state index < -0.39 is 0 Å². The van der Waals surface area contributed by atoms with Gasteiger partial charge >= 0.3 is 0 Å². The molecule has 0 amide bonds. The van der Waals surface area contributed by atoms with E-state index in [1.807, 2.05) is 6.20 Å². The number of hydrogen-bond acceptors (Lipinski definition) is 2. The van der Waals surface area contributed by atoms with E-state index in [0.29, 0.717) is 5.92 Å². The minimum Gasteiger partial charge on any atom is -0.453 e. The Kier molecular flexibility index (Phi) is 4.15. The maximum absolute atomic E-state index is 6.76. The lowest BCUT2D eigenvalue weighted by Crippen LogP contribution is -2.18. The van der Waals surface area contributed by atoms with Crippen LogP contribution in [0.3, 0.4) is 0 Å². The minimum atomic E-state index is 0.0770. The number of furan rings is 1. The fourth-order valence-corrected chi connectivity index (χ4v) is 6.45. The van der Waals surface area contributed by atoms with Crippen LogP contribution in [0.25, 0.3) is 44.0 Å². The number of fused-ring (bicyclic) bond motifs is 6. The summed E-state index contributed by atoms with van der Waals surface area (Å²) in [6, 6.07) is 19.9. The summed E-state index contributed by atoms with van der Waals surface area (Å²) in [6.07, 6.45) is 3.05. The van der Waals surface area contributed by atoms with Crippen LogP contribution in [0.1, 0.15) is 70.6 Å². The van der Waals surface area contributed by atoms with E-state index in [1.54, 1.807) is 0 Å². The largest absolute Gasteiger partial charge is 0.453 e. The van der Waals surface area contributed by atoms with Crippen molar-refractivity contribution in [3.8, 4) is 11.3 Å². The molecule has 2 heteroatoms. The van der Waals surface area contributed by atoms with Gasteiger partial charge in [-0.15, -0.1) is 0 Å². The Morgan fingerprint density at radius 2 is 1.58 bits per heavy atom. The van der Waals surface area contributed by atoms with Gasteiger partial charge in [0.25, 0.3) is 0 Å². The summed E-state index contributed by atoms with van der Waals surface area (Å²) in [7, 11) is 0. The molecule has 33 heavy (non-hydrogen) atoms. The number of hydrogen-bond donors (Lipinski definition) is 0. The molecular weight excluding hydrogens is 402 g/mol. The van der Waals surface area contributed by atoms with Crippen LogP contribution >= 0.6 is 0 Å². The highest BCUT2D eigenvalue weighted by molar-refractivity contribution is 6.10. The van der Waals surface area contributed by atoms with E-state index in [-0.39, 0.29) is 10.8 Å². The fourth-order valence-electron chi connectivity index (χ4n) is 6.45. The molecule has 3 aromatic carbocycles. The van der Waals surface area contributed by atoms with Gasteiger partial charge in [0.1, 0.15) is 11.3 Å². The molecule has 1 aliphatic rings. The van der Waals surface area contributed by atoms with Crippen molar-refractivity contribution in [2.75, 3.05) is 0 Å². The third-order valence-electron chi connectivity index (χ3n) is 7.64. The predicted octanol–water partition coefficient (Wildman–Crippen LogP) is 8.88. The first-order valence-corrected chi connectivity index (χ1v) is 12.1. The van der Waals surface area contributed by atoms with E-state index in [0.717, 1.165) is 34.2 Å². The molecule has 0 N–H and O–H groups in total. The highest BCUT2D eigenvalue weighted by Gasteiger charge is 2.44. The van der Waals surface area contributed by atoms with Crippen molar-refractivity contribution in [2.45, 2.75) is 64.7 Å². The molecule has 0 saturated carbocycles. The molecule has 2 aromatic heterocycles. The normalized spacial score (nSPS) is 16.8. The number of nitrogens with zero attached hydrogens (tertiary/aromatic N) is 1. The molecular formula is C31H31NO. The molecule has 5 aromatic rings. The second kappa shape index (κ2) is 6.70. The van der Waals surface area contributed by atoms with E-state index >= 15 is 0 Å². The van der Waals surface area contributed by atoms with Gasteiger partial charge in [0.05, 0.1) is 0 Å². The quantitative estimate of drug-likeness (QED) is 0.278. The van der Waals surface area contributed by atoms with Gasteiger partial charge in [0, 0.05) is 28.1 Å². The highest BCUT2D eigenvalue weighted by atomic mass is 16.3. The van der Waals surface area contributed by atoms with E-state index in [4.69, 9.17) is 9.40 Å². The summed E-state index contributed by atoms with van der Waals surface area (Å²) in [5.74, 6) is 0.427. The van der Waals surface area contributed by atoms with Crippen LogP contribution < -0.4 is 0 Å². The summed E-state index contributed by atoms with van der Waals surface area (Å²) in [5.41, 5.74) is 8.35. The average Bonchev–Trinajstić information content (AvgIpc) is 3.23. The van der Waals surface area contributed by atoms with Gasteiger partial charge in [-0.05, 0) is 63.3 Å². The molecule has 6 rings (SSSR count). The van der Waals surface area contributed by atoms with Crippen LogP contribution in [-0.2, 0) is 10.8 Å². The number of pyridine rings is 1. The Hall–Kier alpha value is -3.13. The Bertz CT molecular complexity index is 1570. The molecule has 0 saturated heterocycles. The third-order valence-corrected chi connectivity index (χ3v) is 7.64. The summed E-state index contributed by atoms with van der Waals surface area (Å²) in [5, 5.41) is 4.91. The standard InChI is InChI=1S/C31H31NO/c1-18(2)24-16-20(15-19-9-7-8-10-21(19)24)27-29-23(13-14-32-27)22-11-12-25-26(28(22)33-29)31(5,6)17-30(25,3)4/h7-16,18H,17H2,1-6H3. The topological polar surface area (TPSA) is 26.0 Å². The van der Waals surface area contributed by atoms with Crippen molar-refractivity contribution in [1.29, 1.82) is 0 Å². The molecule has 1 aliphatic carbocycles. The summed E-state index contributed by atoms with van der Waals surface area (Å²) < 4.78 is 6.76. The number of rotatable bonds is 2. The fraction of sp³-hybridized carbons (Fsp3) is 0.323. The highest BCUT2D eigenvalue weighted by Crippen LogP contribution is 2.53. The van der Waals surface area contributed by atoms with Crippen LogP contribution in [0.15, 0.2) is 65.2 Å². The first-order valence-electron chi connectivity index (χ1n) is 12.1. The molecule has 0 radical (unpaired) electrons. The predicted molar refractivity (Wildman–Crippen MR) is 139 cm³/mol. The average molecular weight is 434 g/mol. The van der Waals surface area contributed by atoms with Crippen LogP contribution in [0.5, 0.6) is 0 Å². The van der Waals surface area contributed by atoms with Gasteiger partial charge in [0.2, 0.25) is 0 Å². The van der Waals surface area contributed by atoms with Crippen LogP contribution in [0, 0.1) is 0 Å². The first kappa shape index (κ1) is 20.5. The smallest absolute Gasteiger partial charge is 0.161 e. The van der Waals surface area contributed by atoms with Crippen molar-refractivity contribution in [3.05, 3.63) is 77.5 Å². The monoisotopic (exact) mass is 433 g/mol. The van der Waals surface area contributed by atoms with E-state index in [1.165, 1.54) is 32.8 Å². The van der Waals surface area contributed by atoms with Crippen LogP contribution in [-0.4, -0.2) is 4.98 Å². The lowest BCUT2D eigenvalue weighted by molar-refractivity contribution is 0.402. The zero-order valence-electron chi connectivity index (χ0n) is 20.4. The molecule has 2 nitrogen and oxygen atoms in total. The van der Waals surface area contributed by atoms with Gasteiger partial charge in [-0.1, -0.05) is 77.9 Å². The Morgan fingerprint density at radius 3 is 2.36 bits per heavy atom. The minimum absolute atomic E-state index is 0.0770. The maximum Gasteiger partial charge on any atom is 0.161 e. The Morgan fingerprint density at radius 1 is 0.818 bits per heavy atom. The Labute approximate surface area is 195 Å². The molecule has 0 aliphatic heterocycles. The molecule has 0 fully saturated rings. The zero-order chi connectivity index (χ0) is 23.1. The second-order valence-electron chi connectivity index (χ2n) is 11.4. The van der Waals surface area contributed by atoms with Crippen molar-refractivity contribution in [2.24, 2.45) is 0 Å². The molecule has 2 heterocycles. The lowest BCUT2D eigenvalue weighted by atomic mass is 9.82. The first-order chi connectivity index (χ1) is 15.7. The SMILES string of the molecule is CC(C)c1cc(-c2nccc3c2oc2c4c(ccc23)C(C)(C)CC4(C)C)cc2ccccc12. The van der Waals surface area contributed by atoms with Crippen LogP contribution in [0.4, 0.5) is 0 Å². The Balaban J connectivity index is 1.68. The number of aromatic nitrogens is 1. The van der Waals surface area contributed by atoms with Gasteiger partial charge in [0.15, 0.2) is 5.58 Å². The summed E-state index contributed by atoms with van der Waals surface area (Å²) in [4.78, 5) is 4.84. The lowest BCUT2D eigenvalue weighted by Gasteiger charge is -2.22. The number of benzene rings is 3. The van der Waals surface area contributed by atoms with Crippen molar-refractivity contribution in [1.82, 2.24) is 4.98 Å². The summed E-state index contributed by atoms with van der Waals surface area (Å²) >= 11 is 0. The molecule has 0 bridgehead atoms. The molecule has 0 unspecified atom stereocenters. The van der Waals surface area contributed by atoms with Gasteiger partial charge in [-0.2, -0.15) is 0 Å². The van der Waals surface area contributed by atoms with E-state index in [9.17, 15) is 0 Å². The van der Waals surface area contributed by atoms with Crippen molar-refractivity contribution >= 4 is 32.7 Å². The van der Waals surface area contributed by atoms with Gasteiger partial charge < -0.3 is 4.42 Å². The van der Waals surface area contributed by atoms with Crippen molar-refractivity contribution in [3.63, 3.8) is 0 Å². The molecule has 166 valence electrons. The van der Waals surface area contributed by atoms with Crippen LogP contribution in [0.2, 0.25) is 0 Å². The summed E-state index contributed by atoms with van der Waals surface area (Å²) in [6.45, 7) is 13.9. The second-order valence-corrected chi connectivity index (χ2v) is 11.4. The van der Waals surface area contributed by atoms with Gasteiger partial charge in [-0.3, -0.25) is 4.98 Å². The molecule has 0 spiro atoms. The van der Waals surface area contributed by atoms with E-state index in [2.05, 4.69) is 96.1 Å². The zero-order valence-corrected chi connectivity index (χ0v) is 20.4. The third kappa shape index (κ3) is 2.89.